The molecule has 7 heteroatoms. The highest BCUT2D eigenvalue weighted by molar-refractivity contribution is 9.10. The van der Waals surface area contributed by atoms with Crippen molar-refractivity contribution in [3.63, 3.8) is 0 Å². The third-order valence-electron chi connectivity index (χ3n) is 2.93. The lowest BCUT2D eigenvalue weighted by Gasteiger charge is -2.09. The van der Waals surface area contributed by atoms with Crippen LogP contribution in [0.2, 0.25) is 5.02 Å². The van der Waals surface area contributed by atoms with Crippen molar-refractivity contribution in [3.05, 3.63) is 57.5 Å². The van der Waals surface area contributed by atoms with E-state index in [4.69, 9.17) is 21.1 Å². The van der Waals surface area contributed by atoms with Crippen molar-refractivity contribution in [1.82, 2.24) is 0 Å². The van der Waals surface area contributed by atoms with E-state index >= 15 is 0 Å². The molecule has 0 unspecified atom stereocenters. The average Bonchev–Trinajstić information content (AvgIpc) is 2.55. The molecule has 0 radical (unpaired) electrons. The summed E-state index contributed by atoms with van der Waals surface area (Å²) in [7, 11) is 0. The van der Waals surface area contributed by atoms with E-state index in [2.05, 4.69) is 21.2 Å². The molecule has 126 valence electrons. The highest BCUT2D eigenvalue weighted by atomic mass is 79.9. The maximum Gasteiger partial charge on any atom is 0.344 e. The molecule has 2 aromatic rings. The second-order valence-corrected chi connectivity index (χ2v) is 6.23. The topological polar surface area (TPSA) is 64.6 Å². The van der Waals surface area contributed by atoms with Crippen molar-refractivity contribution in [2.75, 3.05) is 18.5 Å². The third kappa shape index (κ3) is 5.86. The van der Waals surface area contributed by atoms with Crippen molar-refractivity contribution in [2.45, 2.75) is 6.92 Å². The quantitative estimate of drug-likeness (QED) is 0.729. The van der Waals surface area contributed by atoms with Crippen molar-refractivity contribution in [1.29, 1.82) is 0 Å². The number of rotatable bonds is 6. The summed E-state index contributed by atoms with van der Waals surface area (Å²) >= 11 is 9.11. The molecule has 0 saturated carbocycles. The lowest BCUT2D eigenvalue weighted by molar-refractivity contribution is -0.149. The van der Waals surface area contributed by atoms with E-state index in [0.29, 0.717) is 16.5 Å². The van der Waals surface area contributed by atoms with Gasteiger partial charge in [0.25, 0.3) is 5.91 Å². The zero-order chi connectivity index (χ0) is 17.5. The first-order valence-corrected chi connectivity index (χ1v) is 8.21. The highest BCUT2D eigenvalue weighted by Gasteiger charge is 2.10. The molecule has 1 amide bonds. The zero-order valence-corrected chi connectivity index (χ0v) is 15.2. The largest absolute Gasteiger partial charge is 0.482 e. The number of esters is 1. The fourth-order valence-corrected chi connectivity index (χ4v) is 2.49. The van der Waals surface area contributed by atoms with Crippen LogP contribution in [0.3, 0.4) is 0 Å². The van der Waals surface area contributed by atoms with Gasteiger partial charge in [-0.3, -0.25) is 4.79 Å². The van der Waals surface area contributed by atoms with Gasteiger partial charge in [0, 0.05) is 9.50 Å². The summed E-state index contributed by atoms with van der Waals surface area (Å²) in [5.74, 6) is -0.577. The fraction of sp³-hybridized carbons (Fsp3) is 0.176. The van der Waals surface area contributed by atoms with E-state index in [-0.39, 0.29) is 13.2 Å². The molecule has 0 bridgehead atoms. The van der Waals surface area contributed by atoms with Gasteiger partial charge in [0.1, 0.15) is 5.75 Å². The lowest BCUT2D eigenvalue weighted by Crippen LogP contribution is -2.23. The van der Waals surface area contributed by atoms with Gasteiger partial charge in [-0.1, -0.05) is 17.7 Å². The molecular formula is C17H15BrClNO4. The smallest absolute Gasteiger partial charge is 0.344 e. The average molecular weight is 413 g/mol. The standard InChI is InChI=1S/C17H15BrClNO4/c1-11-2-7-15(14(18)8-11)20-16(21)9-24-17(22)10-23-13-5-3-12(19)4-6-13/h2-8H,9-10H2,1H3,(H,20,21). The number of carbonyl (C=O) groups is 2. The van der Waals surface area contributed by atoms with Crippen molar-refractivity contribution in [2.24, 2.45) is 0 Å². The number of halogens is 2. The Morgan fingerprint density at radius 3 is 2.50 bits per heavy atom. The minimum Gasteiger partial charge on any atom is -0.482 e. The summed E-state index contributed by atoms with van der Waals surface area (Å²) in [4.78, 5) is 23.4. The summed E-state index contributed by atoms with van der Waals surface area (Å²) in [6, 6.07) is 12.1. The molecule has 0 heterocycles. The van der Waals surface area contributed by atoms with E-state index in [9.17, 15) is 9.59 Å². The number of carbonyl (C=O) groups excluding carboxylic acids is 2. The van der Waals surface area contributed by atoms with Gasteiger partial charge < -0.3 is 14.8 Å². The van der Waals surface area contributed by atoms with E-state index in [1.165, 1.54) is 0 Å². The van der Waals surface area contributed by atoms with Gasteiger partial charge >= 0.3 is 5.97 Å². The Kier molecular flexibility index (Phi) is 6.63. The predicted octanol–water partition coefficient (Wildman–Crippen LogP) is 3.97. The van der Waals surface area contributed by atoms with Gasteiger partial charge in [-0.2, -0.15) is 0 Å². The van der Waals surface area contributed by atoms with Crippen LogP contribution in [0.15, 0.2) is 46.9 Å². The molecule has 0 aromatic heterocycles. The summed E-state index contributed by atoms with van der Waals surface area (Å²) in [5, 5.41) is 3.23. The number of anilines is 1. The van der Waals surface area contributed by atoms with Crippen molar-refractivity contribution < 1.29 is 19.1 Å². The molecular weight excluding hydrogens is 398 g/mol. The fourth-order valence-electron chi connectivity index (χ4n) is 1.77. The number of hydrogen-bond donors (Lipinski definition) is 1. The SMILES string of the molecule is Cc1ccc(NC(=O)COC(=O)COc2ccc(Cl)cc2)c(Br)c1. The van der Waals surface area contributed by atoms with Crippen LogP contribution in [-0.4, -0.2) is 25.1 Å². The van der Waals surface area contributed by atoms with E-state index in [1.807, 2.05) is 19.1 Å². The maximum atomic E-state index is 11.8. The van der Waals surface area contributed by atoms with Crippen molar-refractivity contribution >= 4 is 45.1 Å². The first-order valence-electron chi connectivity index (χ1n) is 7.04. The number of amides is 1. The molecule has 5 nitrogen and oxygen atoms in total. The van der Waals surface area contributed by atoms with Crippen LogP contribution in [-0.2, 0) is 14.3 Å². The van der Waals surface area contributed by atoms with Crippen LogP contribution < -0.4 is 10.1 Å². The van der Waals surface area contributed by atoms with E-state index < -0.39 is 11.9 Å². The normalized spacial score (nSPS) is 10.1. The van der Waals surface area contributed by atoms with Gasteiger partial charge in [-0.05, 0) is 64.8 Å². The maximum absolute atomic E-state index is 11.8. The van der Waals surface area contributed by atoms with Crippen LogP contribution in [0.1, 0.15) is 5.56 Å². The van der Waals surface area contributed by atoms with Crippen LogP contribution in [0, 0.1) is 6.92 Å². The first kappa shape index (κ1) is 18.3. The van der Waals surface area contributed by atoms with Crippen LogP contribution in [0.5, 0.6) is 5.75 Å². The lowest BCUT2D eigenvalue weighted by atomic mass is 10.2. The summed E-state index contributed by atoms with van der Waals surface area (Å²) < 4.78 is 10.9. The van der Waals surface area contributed by atoms with Crippen LogP contribution in [0.4, 0.5) is 5.69 Å². The molecule has 0 fully saturated rings. The van der Waals surface area contributed by atoms with Gasteiger partial charge in [0.2, 0.25) is 0 Å². The summed E-state index contributed by atoms with van der Waals surface area (Å²) in [6.07, 6.45) is 0. The first-order chi connectivity index (χ1) is 11.4. The predicted molar refractivity (Wildman–Crippen MR) is 95.4 cm³/mol. The van der Waals surface area contributed by atoms with Gasteiger partial charge in [0.05, 0.1) is 5.69 Å². The monoisotopic (exact) mass is 411 g/mol. The molecule has 0 spiro atoms. The number of aryl methyl sites for hydroxylation is 1. The van der Waals surface area contributed by atoms with Gasteiger partial charge in [0.15, 0.2) is 13.2 Å². The van der Waals surface area contributed by atoms with E-state index in [1.54, 1.807) is 30.3 Å². The second-order valence-electron chi connectivity index (χ2n) is 4.93. The van der Waals surface area contributed by atoms with Crippen LogP contribution >= 0.6 is 27.5 Å². The second kappa shape index (κ2) is 8.70. The zero-order valence-electron chi connectivity index (χ0n) is 12.8. The Balaban J connectivity index is 1.74. The number of hydrogen-bond acceptors (Lipinski definition) is 4. The summed E-state index contributed by atoms with van der Waals surface area (Å²) in [5.41, 5.74) is 1.67. The van der Waals surface area contributed by atoms with Crippen molar-refractivity contribution in [3.8, 4) is 5.75 Å². The minimum absolute atomic E-state index is 0.289. The summed E-state index contributed by atoms with van der Waals surface area (Å²) in [6.45, 7) is 1.27. The molecule has 0 aliphatic rings. The Hall–Kier alpha value is -2.05. The Labute approximate surface area is 153 Å². The molecule has 0 aliphatic carbocycles. The van der Waals surface area contributed by atoms with Gasteiger partial charge in [-0.15, -0.1) is 0 Å². The Morgan fingerprint density at radius 1 is 1.12 bits per heavy atom. The number of ether oxygens (including phenoxy) is 2. The number of nitrogens with one attached hydrogen (secondary N) is 1. The Bertz CT molecular complexity index is 734. The molecule has 0 saturated heterocycles. The minimum atomic E-state index is -0.636. The van der Waals surface area contributed by atoms with E-state index in [0.717, 1.165) is 10.0 Å². The molecule has 2 aromatic carbocycles. The highest BCUT2D eigenvalue weighted by Crippen LogP contribution is 2.23. The van der Waals surface area contributed by atoms with Gasteiger partial charge in [-0.25, -0.2) is 4.79 Å². The third-order valence-corrected chi connectivity index (χ3v) is 3.84. The molecule has 0 aliphatic heterocycles. The number of benzene rings is 2. The molecule has 2 rings (SSSR count). The molecule has 24 heavy (non-hydrogen) atoms. The molecule has 1 N–H and O–H groups in total. The van der Waals surface area contributed by atoms with Crippen LogP contribution in [0.25, 0.3) is 0 Å². The Morgan fingerprint density at radius 2 is 1.83 bits per heavy atom. The molecule has 0 atom stereocenters.